The molecular formula is C50H30N10Na6O22S6. The van der Waals surface area contributed by atoms with Crippen molar-refractivity contribution in [1.82, 2.24) is 0 Å². The number of hydrogen-bond acceptors (Lipinski definition) is 32. The summed E-state index contributed by atoms with van der Waals surface area (Å²) in [6.45, 7) is 0. The summed E-state index contributed by atoms with van der Waals surface area (Å²) in [6.07, 6.45) is 0. The summed E-state index contributed by atoms with van der Waals surface area (Å²) in [5.41, 5.74) is -7.82. The van der Waals surface area contributed by atoms with Gasteiger partial charge in [-0.3, -0.25) is 0 Å². The summed E-state index contributed by atoms with van der Waals surface area (Å²) >= 11 is 0. The van der Waals surface area contributed by atoms with Crippen LogP contribution < -0.4 is 188 Å². The summed E-state index contributed by atoms with van der Waals surface area (Å²) in [6, 6.07) is 24.9. The van der Waals surface area contributed by atoms with E-state index in [0.717, 1.165) is 24.3 Å². The molecule has 0 aliphatic carbocycles. The van der Waals surface area contributed by atoms with E-state index in [1.165, 1.54) is 24.3 Å². The molecule has 6 N–H and O–H groups in total. The van der Waals surface area contributed by atoms with Crippen LogP contribution in [0.15, 0.2) is 216 Å². The van der Waals surface area contributed by atoms with Crippen LogP contribution in [0, 0.1) is 0 Å². The Hall–Kier alpha value is -3.84. The molecule has 9 aromatic rings. The zero-order valence-corrected chi connectivity index (χ0v) is 65.9. The van der Waals surface area contributed by atoms with Gasteiger partial charge >= 0.3 is 177 Å². The van der Waals surface area contributed by atoms with E-state index in [9.17, 15) is 98.2 Å². The smallest absolute Gasteiger partial charge is 0.744 e. The molecule has 44 heteroatoms. The fourth-order valence-electron chi connectivity index (χ4n) is 8.16. The molecule has 0 saturated carbocycles. The fourth-order valence-corrected chi connectivity index (χ4v) is 11.6. The molecule has 0 bridgehead atoms. The van der Waals surface area contributed by atoms with Gasteiger partial charge in [0.15, 0.2) is 28.6 Å². The van der Waals surface area contributed by atoms with Crippen molar-refractivity contribution in [2.24, 2.45) is 40.9 Å². The predicted molar refractivity (Wildman–Crippen MR) is 298 cm³/mol. The van der Waals surface area contributed by atoms with Crippen LogP contribution in [0.3, 0.4) is 0 Å². The molecule has 0 amide bonds. The van der Waals surface area contributed by atoms with Crippen LogP contribution >= 0.6 is 0 Å². The maximum Gasteiger partial charge on any atom is 1.00 e. The Morgan fingerprint density at radius 2 is 0.606 bits per heavy atom. The van der Waals surface area contributed by atoms with Crippen LogP contribution in [0.5, 0.6) is 23.0 Å². The van der Waals surface area contributed by atoms with Crippen molar-refractivity contribution in [2.75, 3.05) is 10.6 Å². The number of fused-ring (bicyclic) bond motifs is 2. The standard InChI is InChI=1S/C50H36N10O22S6.6Na/c61-39-23-33(85(71,72)73)17-25-15-31(83(65,66)67)21-37(43(25)39)55-57-45-46(58-53-29-11-13-35(41(19-29)87(77,78)79)51-27-7-3-1-4-8-27)49(63)48(60-54-30-12-14-36(42(20-30)88(80,81)82)52-28-9-5-2-6-10-28)50(64)47(45)59-56-38-22-32(84(68,69)70)16-26-18-34(86(74,75)76)24-40(62)44(26)38;;;;;;/h1-24,51-52,61-64H,(H,65,66,67)(H,68,69,70)(H,71,72,73)(H,74,75,76)(H,77,78,79)(H,80,81,82);;;;;;/q;6*+1/p-6. The fraction of sp³-hybridized carbons (Fsp3) is 0. The average Bonchev–Trinajstić information content (AvgIpc) is 0.779. The number of nitrogens with zero attached hydrogens (tertiary/aromatic N) is 8. The first-order chi connectivity index (χ1) is 41.0. The van der Waals surface area contributed by atoms with Crippen molar-refractivity contribution >= 4 is 151 Å². The van der Waals surface area contributed by atoms with Crippen LogP contribution in [0.1, 0.15) is 0 Å². The van der Waals surface area contributed by atoms with Gasteiger partial charge in [-0.1, -0.05) is 36.4 Å². The normalized spacial score (nSPS) is 12.1. The summed E-state index contributed by atoms with van der Waals surface area (Å²) in [5, 5.41) is 80.3. The third-order valence-corrected chi connectivity index (χ3v) is 17.0. The molecule has 0 aromatic heterocycles. The van der Waals surface area contributed by atoms with Gasteiger partial charge in [0, 0.05) is 11.4 Å². The van der Waals surface area contributed by atoms with E-state index < -0.39 is 180 Å². The van der Waals surface area contributed by atoms with E-state index in [1.807, 2.05) is 0 Å². The van der Waals surface area contributed by atoms with Crippen molar-refractivity contribution in [3.8, 4) is 23.0 Å². The number of para-hydroxylation sites is 2. The second kappa shape index (κ2) is 33.3. The molecule has 0 aliphatic rings. The first-order valence-corrected chi connectivity index (χ1v) is 32.1. The van der Waals surface area contributed by atoms with Gasteiger partial charge in [0.2, 0.25) is 0 Å². The Balaban J connectivity index is 0.00000384. The van der Waals surface area contributed by atoms with Gasteiger partial charge in [-0.25, -0.2) is 50.5 Å². The number of anilines is 4. The third-order valence-electron chi connectivity index (χ3n) is 12.0. The van der Waals surface area contributed by atoms with Gasteiger partial charge in [-0.2, -0.15) is 10.2 Å². The first kappa shape index (κ1) is 84.4. The van der Waals surface area contributed by atoms with Gasteiger partial charge in [0.1, 0.15) is 77.9 Å². The molecule has 32 nitrogen and oxygen atoms in total. The zero-order valence-electron chi connectivity index (χ0n) is 49.0. The molecule has 0 unspecified atom stereocenters. The quantitative estimate of drug-likeness (QED) is 0.0264. The minimum Gasteiger partial charge on any atom is -0.744 e. The van der Waals surface area contributed by atoms with E-state index in [0.29, 0.717) is 72.0 Å². The Morgan fingerprint density at radius 1 is 0.309 bits per heavy atom. The molecule has 0 saturated heterocycles. The molecule has 454 valence electrons. The Bertz CT molecular complexity index is 5280. The maximum absolute atomic E-state index is 12.7. The van der Waals surface area contributed by atoms with Crippen molar-refractivity contribution in [3.63, 3.8) is 0 Å². The molecule has 94 heavy (non-hydrogen) atoms. The molecular weight excluding hydrogens is 1420 g/mol. The first-order valence-electron chi connectivity index (χ1n) is 23.6. The third kappa shape index (κ3) is 20.2. The van der Waals surface area contributed by atoms with Crippen molar-refractivity contribution in [1.29, 1.82) is 0 Å². The number of azo groups is 4. The predicted octanol–water partition coefficient (Wildman–Crippen LogP) is -8.59. The van der Waals surface area contributed by atoms with E-state index in [2.05, 4.69) is 51.5 Å². The van der Waals surface area contributed by atoms with E-state index in [4.69, 9.17) is 0 Å². The number of phenols is 4. The van der Waals surface area contributed by atoms with Crippen LogP contribution in [0.2, 0.25) is 0 Å². The molecule has 9 aromatic carbocycles. The average molecular weight is 1450 g/mol. The minimum absolute atomic E-state index is 0. The zero-order chi connectivity index (χ0) is 64.1. The number of rotatable bonds is 18. The second-order valence-electron chi connectivity index (χ2n) is 17.9. The van der Waals surface area contributed by atoms with Crippen LogP contribution in [-0.4, -0.2) is 98.2 Å². The second-order valence-corrected chi connectivity index (χ2v) is 26.1. The summed E-state index contributed by atoms with van der Waals surface area (Å²) < 4.78 is 223. The van der Waals surface area contributed by atoms with Gasteiger partial charge < -0.3 is 58.4 Å². The summed E-state index contributed by atoms with van der Waals surface area (Å²) in [7, 11) is -32.9. The van der Waals surface area contributed by atoms with Gasteiger partial charge in [0.05, 0.1) is 74.3 Å². The topological polar surface area (TPSA) is 547 Å². The van der Waals surface area contributed by atoms with Crippen molar-refractivity contribution in [3.05, 3.63) is 146 Å². The van der Waals surface area contributed by atoms with Crippen LogP contribution in [-0.2, 0) is 60.7 Å². The molecule has 0 heterocycles. The van der Waals surface area contributed by atoms with Crippen molar-refractivity contribution < 1.29 is 276 Å². The largest absolute Gasteiger partial charge is 1.00 e. The number of benzene rings is 9. The maximum atomic E-state index is 12.7. The van der Waals surface area contributed by atoms with Crippen molar-refractivity contribution in [2.45, 2.75) is 29.4 Å². The Kier molecular flexibility index (Phi) is 29.9. The number of hydrogen-bond donors (Lipinski definition) is 6. The molecule has 0 fully saturated rings. The van der Waals surface area contributed by atoms with Crippen LogP contribution in [0.25, 0.3) is 21.5 Å². The van der Waals surface area contributed by atoms with Gasteiger partial charge in [-0.15, -0.1) is 30.7 Å². The summed E-state index contributed by atoms with van der Waals surface area (Å²) in [4.78, 5) is -6.66. The number of aromatic hydroxyl groups is 4. The van der Waals surface area contributed by atoms with E-state index in [1.54, 1.807) is 36.4 Å². The number of phenolic OH excluding ortho intramolecular Hbond substituents is 4. The number of nitrogens with one attached hydrogen (secondary N) is 2. The minimum atomic E-state index is -5.60. The Morgan fingerprint density at radius 3 is 0.926 bits per heavy atom. The monoisotopic (exact) mass is 1450 g/mol. The van der Waals surface area contributed by atoms with Crippen LogP contribution in [0.4, 0.5) is 68.2 Å². The van der Waals surface area contributed by atoms with E-state index in [-0.39, 0.29) is 189 Å². The van der Waals surface area contributed by atoms with Gasteiger partial charge in [0.25, 0.3) is 0 Å². The summed E-state index contributed by atoms with van der Waals surface area (Å²) in [5.74, 6) is -5.23. The Labute approximate surface area is 665 Å². The molecule has 0 atom stereocenters. The molecule has 0 spiro atoms. The van der Waals surface area contributed by atoms with Gasteiger partial charge in [-0.05, 0) is 120 Å². The van der Waals surface area contributed by atoms with E-state index >= 15 is 0 Å². The molecule has 9 rings (SSSR count). The molecule has 0 radical (unpaired) electrons. The molecule has 0 aliphatic heterocycles. The SMILES string of the molecule is O=S(=O)([O-])c1cc(O)c2c(N=Nc3c(O)c(N=Nc4ccc(Nc5ccccc5)c(S(=O)(=O)[O-])c4)c(O)c(N=Nc4ccc(Nc5ccccc5)c(S(=O)(=O)[O-])c4)c3N=Nc3cc(S(=O)(=O)[O-])cc4cc(S(=O)(=O)[O-])cc(O)c34)cc(S(=O)(=O)[O-])cc2c1.[Na+].[Na+].[Na+].[Na+].[Na+].[Na+].